The summed E-state index contributed by atoms with van der Waals surface area (Å²) in [7, 11) is 0. The number of terminal acetylenes is 1. The number of rotatable bonds is 3. The van der Waals surface area contributed by atoms with E-state index in [0.29, 0.717) is 6.42 Å². The standard InChI is InChI=1S/C7H11NO2.ClH/c1-3-6(5-8)7(9)10-4-2;/h2,6H,3,5,8H2,1H3;1H/t6-;/m0./s1. The van der Waals surface area contributed by atoms with Crippen molar-refractivity contribution in [1.29, 1.82) is 0 Å². The van der Waals surface area contributed by atoms with E-state index < -0.39 is 5.97 Å². The van der Waals surface area contributed by atoms with Crippen molar-refractivity contribution in [1.82, 2.24) is 0 Å². The largest absolute Gasteiger partial charge is 0.372 e. The smallest absolute Gasteiger partial charge is 0.324 e. The first-order valence-corrected chi connectivity index (χ1v) is 3.12. The molecule has 0 bridgehead atoms. The third kappa shape index (κ3) is 4.65. The zero-order chi connectivity index (χ0) is 7.98. The predicted molar refractivity (Wildman–Crippen MR) is 45.0 cm³/mol. The van der Waals surface area contributed by atoms with E-state index >= 15 is 0 Å². The second kappa shape index (κ2) is 7.39. The van der Waals surface area contributed by atoms with Gasteiger partial charge in [0.05, 0.1) is 5.92 Å². The predicted octanol–water partition coefficient (Wildman–Crippen LogP) is 0.527. The van der Waals surface area contributed by atoms with Gasteiger partial charge in [0.1, 0.15) is 6.11 Å². The van der Waals surface area contributed by atoms with E-state index in [4.69, 9.17) is 12.2 Å². The first kappa shape index (κ1) is 12.9. The van der Waals surface area contributed by atoms with Gasteiger partial charge in [-0.15, -0.1) is 12.4 Å². The molecule has 0 aliphatic rings. The molecule has 4 heteroatoms. The fourth-order valence-electron chi connectivity index (χ4n) is 0.571. The molecule has 0 amide bonds. The van der Waals surface area contributed by atoms with Crippen molar-refractivity contribution in [3.63, 3.8) is 0 Å². The number of halogens is 1. The van der Waals surface area contributed by atoms with Gasteiger partial charge in [0.15, 0.2) is 0 Å². The Hall–Kier alpha value is -0.720. The molecule has 1 atom stereocenters. The third-order valence-electron chi connectivity index (χ3n) is 1.27. The molecule has 0 aromatic rings. The second-order valence-corrected chi connectivity index (χ2v) is 1.88. The summed E-state index contributed by atoms with van der Waals surface area (Å²) in [5.74, 6) is -0.663. The van der Waals surface area contributed by atoms with Crippen LogP contribution in [0.3, 0.4) is 0 Å². The molecule has 11 heavy (non-hydrogen) atoms. The van der Waals surface area contributed by atoms with Crippen molar-refractivity contribution >= 4 is 18.4 Å². The van der Waals surface area contributed by atoms with Gasteiger partial charge in [-0.05, 0) is 6.42 Å². The highest BCUT2D eigenvalue weighted by atomic mass is 35.5. The zero-order valence-corrected chi connectivity index (χ0v) is 7.19. The number of ether oxygens (including phenoxy) is 1. The Kier molecular flexibility index (Phi) is 8.67. The Morgan fingerprint density at radius 3 is 2.64 bits per heavy atom. The molecular weight excluding hydrogens is 166 g/mol. The summed E-state index contributed by atoms with van der Waals surface area (Å²) >= 11 is 0. The van der Waals surface area contributed by atoms with Crippen molar-refractivity contribution in [3.8, 4) is 12.5 Å². The Morgan fingerprint density at radius 1 is 1.82 bits per heavy atom. The molecule has 0 saturated carbocycles. The van der Waals surface area contributed by atoms with Crippen LogP contribution in [0, 0.1) is 18.4 Å². The van der Waals surface area contributed by atoms with E-state index in [9.17, 15) is 4.79 Å². The van der Waals surface area contributed by atoms with Crippen LogP contribution in [0.5, 0.6) is 0 Å². The van der Waals surface area contributed by atoms with Crippen molar-refractivity contribution in [2.45, 2.75) is 13.3 Å². The number of hydrogen-bond donors (Lipinski definition) is 1. The Balaban J connectivity index is 0. The van der Waals surface area contributed by atoms with Crippen LogP contribution in [0.25, 0.3) is 0 Å². The lowest BCUT2D eigenvalue weighted by molar-refractivity contribution is -0.141. The molecule has 0 radical (unpaired) electrons. The fourth-order valence-corrected chi connectivity index (χ4v) is 0.571. The quantitative estimate of drug-likeness (QED) is 0.506. The molecule has 0 aliphatic heterocycles. The summed E-state index contributed by atoms with van der Waals surface area (Å²) in [6.07, 6.45) is 7.22. The summed E-state index contributed by atoms with van der Waals surface area (Å²) in [5.41, 5.74) is 5.25. The first-order valence-electron chi connectivity index (χ1n) is 3.12. The molecule has 0 saturated heterocycles. The van der Waals surface area contributed by atoms with Gasteiger partial charge in [-0.25, -0.2) is 0 Å². The van der Waals surface area contributed by atoms with Crippen LogP contribution in [0.1, 0.15) is 13.3 Å². The molecule has 64 valence electrons. The Bertz CT molecular complexity index is 149. The molecule has 0 aromatic heterocycles. The molecular formula is C7H12ClNO2. The van der Waals surface area contributed by atoms with Gasteiger partial charge in [0, 0.05) is 6.54 Å². The molecule has 0 aromatic carbocycles. The minimum absolute atomic E-state index is 0. The molecule has 0 heterocycles. The van der Waals surface area contributed by atoms with Crippen LogP contribution in [-0.4, -0.2) is 12.5 Å². The van der Waals surface area contributed by atoms with Crippen molar-refractivity contribution in [3.05, 3.63) is 0 Å². The summed E-state index contributed by atoms with van der Waals surface area (Å²) in [6, 6.07) is 0. The topological polar surface area (TPSA) is 52.3 Å². The molecule has 0 unspecified atom stereocenters. The monoisotopic (exact) mass is 177 g/mol. The summed E-state index contributed by atoms with van der Waals surface area (Å²) < 4.78 is 4.29. The van der Waals surface area contributed by atoms with Crippen LogP contribution in [0.15, 0.2) is 0 Å². The van der Waals surface area contributed by atoms with Gasteiger partial charge in [0.25, 0.3) is 0 Å². The average Bonchev–Trinajstić information content (AvgIpc) is 1.91. The number of carbonyl (C=O) groups excluding carboxylic acids is 1. The van der Waals surface area contributed by atoms with E-state index in [1.807, 2.05) is 13.0 Å². The number of esters is 1. The van der Waals surface area contributed by atoms with Crippen molar-refractivity contribution in [2.75, 3.05) is 6.54 Å². The Morgan fingerprint density at radius 2 is 2.36 bits per heavy atom. The second-order valence-electron chi connectivity index (χ2n) is 1.88. The van der Waals surface area contributed by atoms with Gasteiger partial charge in [0.2, 0.25) is 0 Å². The number of nitrogens with two attached hydrogens (primary N) is 1. The maximum Gasteiger partial charge on any atom is 0.324 e. The summed E-state index contributed by atoms with van der Waals surface area (Å²) in [6.45, 7) is 2.15. The van der Waals surface area contributed by atoms with Crippen LogP contribution in [0.2, 0.25) is 0 Å². The van der Waals surface area contributed by atoms with Crippen LogP contribution in [0.4, 0.5) is 0 Å². The Labute approximate surface area is 72.7 Å². The molecule has 0 rings (SSSR count). The lowest BCUT2D eigenvalue weighted by Crippen LogP contribution is -2.23. The van der Waals surface area contributed by atoms with E-state index in [0.717, 1.165) is 0 Å². The fraction of sp³-hybridized carbons (Fsp3) is 0.571. The molecule has 0 fully saturated rings. The minimum atomic E-state index is -0.410. The van der Waals surface area contributed by atoms with Crippen LogP contribution < -0.4 is 5.73 Å². The number of carbonyl (C=O) groups is 1. The summed E-state index contributed by atoms with van der Waals surface area (Å²) in [5, 5.41) is 0. The lowest BCUT2D eigenvalue weighted by Gasteiger charge is -2.06. The highest BCUT2D eigenvalue weighted by Gasteiger charge is 2.14. The maximum atomic E-state index is 10.8. The van der Waals surface area contributed by atoms with Gasteiger partial charge >= 0.3 is 5.97 Å². The van der Waals surface area contributed by atoms with E-state index in [1.165, 1.54) is 0 Å². The van der Waals surface area contributed by atoms with Crippen LogP contribution in [-0.2, 0) is 9.53 Å². The molecule has 0 spiro atoms. The van der Waals surface area contributed by atoms with Crippen molar-refractivity contribution < 1.29 is 9.53 Å². The first-order chi connectivity index (χ1) is 4.76. The highest BCUT2D eigenvalue weighted by molar-refractivity contribution is 5.85. The molecule has 0 aliphatic carbocycles. The zero-order valence-electron chi connectivity index (χ0n) is 6.37. The normalized spacial score (nSPS) is 10.6. The average molecular weight is 178 g/mol. The van der Waals surface area contributed by atoms with E-state index in [1.54, 1.807) is 0 Å². The third-order valence-corrected chi connectivity index (χ3v) is 1.27. The van der Waals surface area contributed by atoms with Gasteiger partial charge in [-0.1, -0.05) is 13.3 Å². The van der Waals surface area contributed by atoms with E-state index in [-0.39, 0.29) is 24.9 Å². The minimum Gasteiger partial charge on any atom is -0.372 e. The SMILES string of the molecule is C#COC(=O)[C@@H](CC)CN.Cl. The highest BCUT2D eigenvalue weighted by Crippen LogP contribution is 2.01. The summed E-state index contributed by atoms with van der Waals surface area (Å²) in [4.78, 5) is 10.8. The van der Waals surface area contributed by atoms with E-state index in [2.05, 4.69) is 4.74 Å². The maximum absolute atomic E-state index is 10.8. The molecule has 3 nitrogen and oxygen atoms in total. The van der Waals surface area contributed by atoms with Crippen LogP contribution >= 0.6 is 12.4 Å². The lowest BCUT2D eigenvalue weighted by atomic mass is 10.1. The van der Waals surface area contributed by atoms with Gasteiger partial charge in [-0.3, -0.25) is 4.79 Å². The number of hydrogen-bond acceptors (Lipinski definition) is 3. The van der Waals surface area contributed by atoms with Crippen molar-refractivity contribution in [2.24, 2.45) is 11.7 Å². The molecule has 2 N–H and O–H groups in total. The van der Waals surface area contributed by atoms with Gasteiger partial charge in [-0.2, -0.15) is 0 Å². The van der Waals surface area contributed by atoms with Gasteiger partial charge < -0.3 is 10.5 Å².